The molecule has 1 atom stereocenters. The van der Waals surface area contributed by atoms with Crippen LogP contribution in [0.15, 0.2) is 41.5 Å². The number of nitrogens with two attached hydrogens (primary N) is 1. The maximum Gasteiger partial charge on any atom is 0.217 e. The lowest BCUT2D eigenvalue weighted by Gasteiger charge is -2.34. The summed E-state index contributed by atoms with van der Waals surface area (Å²) in [6.45, 7) is 2.59. The average Bonchev–Trinajstić information content (AvgIpc) is 2.65. The normalized spacial score (nSPS) is 17.4. The number of aromatic nitrogens is 1. The van der Waals surface area contributed by atoms with Crippen LogP contribution in [-0.2, 0) is 11.2 Å². The summed E-state index contributed by atoms with van der Waals surface area (Å²) >= 11 is 0. The van der Waals surface area contributed by atoms with Gasteiger partial charge >= 0.3 is 0 Å². The number of nitrogens with one attached hydrogen (secondary N) is 1. The van der Waals surface area contributed by atoms with E-state index in [0.717, 1.165) is 50.4 Å². The molecule has 0 bridgehead atoms. The molecule has 1 fully saturated rings. The number of hydrogen-bond acceptors (Lipinski definition) is 3. The number of fused-ring (bicyclic) bond motifs is 1. The van der Waals surface area contributed by atoms with Gasteiger partial charge in [0.15, 0.2) is 5.96 Å². The molecule has 7 heteroatoms. The molecule has 0 saturated carbocycles. The second kappa shape index (κ2) is 10.4. The van der Waals surface area contributed by atoms with Crippen LogP contribution in [0.1, 0.15) is 24.8 Å². The van der Waals surface area contributed by atoms with Crippen molar-refractivity contribution < 1.29 is 4.79 Å². The Hall–Kier alpha value is -1.90. The number of hydrogen-bond donors (Lipinski definition) is 2. The predicted octanol–water partition coefficient (Wildman–Crippen LogP) is 2.56. The number of carbonyl (C=O) groups excluding carboxylic acids is 1. The molecule has 146 valence electrons. The Kier molecular flexibility index (Phi) is 8.27. The lowest BCUT2D eigenvalue weighted by molar-refractivity contribution is -0.119. The van der Waals surface area contributed by atoms with Crippen molar-refractivity contribution in [2.45, 2.75) is 25.7 Å². The van der Waals surface area contributed by atoms with Crippen LogP contribution in [0.25, 0.3) is 10.9 Å². The van der Waals surface area contributed by atoms with E-state index in [0.29, 0.717) is 12.3 Å². The third kappa shape index (κ3) is 5.79. The summed E-state index contributed by atoms with van der Waals surface area (Å²) in [4.78, 5) is 22.4. The van der Waals surface area contributed by atoms with E-state index in [-0.39, 0.29) is 29.9 Å². The molecule has 1 saturated heterocycles. The summed E-state index contributed by atoms with van der Waals surface area (Å²) in [6.07, 6.45) is 5.29. The zero-order valence-electron chi connectivity index (χ0n) is 15.7. The number of pyridine rings is 1. The minimum Gasteiger partial charge on any atom is -0.370 e. The van der Waals surface area contributed by atoms with Crippen molar-refractivity contribution in [3.05, 3.63) is 42.1 Å². The van der Waals surface area contributed by atoms with Crippen molar-refractivity contribution >= 4 is 46.7 Å². The minimum absolute atomic E-state index is 0. The summed E-state index contributed by atoms with van der Waals surface area (Å²) in [7, 11) is 1.81. The number of para-hydroxylation sites is 1. The predicted molar refractivity (Wildman–Crippen MR) is 120 cm³/mol. The number of carbonyl (C=O) groups is 1. The molecule has 0 aliphatic carbocycles. The number of aliphatic imine (C=N–C) groups is 1. The van der Waals surface area contributed by atoms with E-state index in [1.807, 2.05) is 12.3 Å². The van der Waals surface area contributed by atoms with Crippen LogP contribution in [0, 0.1) is 5.92 Å². The highest BCUT2D eigenvalue weighted by Gasteiger charge is 2.23. The van der Waals surface area contributed by atoms with Crippen LogP contribution in [-0.4, -0.2) is 48.4 Å². The highest BCUT2D eigenvalue weighted by molar-refractivity contribution is 14.0. The Morgan fingerprint density at radius 3 is 2.96 bits per heavy atom. The number of likely N-dealkylation sites (tertiary alicyclic amines) is 1. The second-order valence-corrected chi connectivity index (χ2v) is 6.84. The van der Waals surface area contributed by atoms with Crippen LogP contribution >= 0.6 is 24.0 Å². The smallest absolute Gasteiger partial charge is 0.217 e. The number of halogens is 1. The molecule has 0 radical (unpaired) electrons. The zero-order chi connectivity index (χ0) is 18.4. The highest BCUT2D eigenvalue weighted by atomic mass is 127. The lowest BCUT2D eigenvalue weighted by Crippen LogP contribution is -2.47. The van der Waals surface area contributed by atoms with Gasteiger partial charge in [0.05, 0.1) is 5.52 Å². The molecule has 1 aliphatic rings. The summed E-state index contributed by atoms with van der Waals surface area (Å²) < 4.78 is 0. The molecule has 1 aromatic carbocycles. The van der Waals surface area contributed by atoms with E-state index in [1.54, 1.807) is 7.05 Å². The van der Waals surface area contributed by atoms with E-state index < -0.39 is 0 Å². The Balaban J connectivity index is 0.00000261. The molecule has 1 amide bonds. The van der Waals surface area contributed by atoms with Crippen molar-refractivity contribution in [3.8, 4) is 0 Å². The first-order chi connectivity index (χ1) is 12.7. The fraction of sp³-hybridized carbons (Fsp3) is 0.450. The quantitative estimate of drug-likeness (QED) is 0.391. The molecule has 0 spiro atoms. The largest absolute Gasteiger partial charge is 0.370 e. The number of piperidine rings is 1. The number of rotatable bonds is 5. The maximum atomic E-state index is 11.2. The summed E-state index contributed by atoms with van der Waals surface area (Å²) in [5.41, 5.74) is 7.65. The van der Waals surface area contributed by atoms with E-state index >= 15 is 0 Å². The van der Waals surface area contributed by atoms with Gasteiger partial charge in [-0.2, -0.15) is 0 Å². The molecule has 2 heterocycles. The number of primary amides is 1. The molecule has 2 aromatic rings. The third-order valence-electron chi connectivity index (χ3n) is 4.91. The molecular formula is C20H28IN5O. The van der Waals surface area contributed by atoms with Gasteiger partial charge in [0.2, 0.25) is 5.91 Å². The summed E-state index contributed by atoms with van der Waals surface area (Å²) in [6, 6.07) is 10.3. The topological polar surface area (TPSA) is 83.6 Å². The number of guanidine groups is 1. The molecule has 1 unspecified atom stereocenters. The monoisotopic (exact) mass is 481 g/mol. The van der Waals surface area contributed by atoms with Gasteiger partial charge in [-0.1, -0.05) is 24.3 Å². The Morgan fingerprint density at radius 2 is 2.19 bits per heavy atom. The van der Waals surface area contributed by atoms with Gasteiger partial charge in [-0.25, -0.2) is 0 Å². The molecule has 3 N–H and O–H groups in total. The van der Waals surface area contributed by atoms with Crippen molar-refractivity contribution in [1.82, 2.24) is 15.2 Å². The second-order valence-electron chi connectivity index (χ2n) is 6.84. The van der Waals surface area contributed by atoms with Crippen LogP contribution in [0.3, 0.4) is 0 Å². The van der Waals surface area contributed by atoms with Gasteiger partial charge in [0, 0.05) is 44.7 Å². The average molecular weight is 481 g/mol. The summed E-state index contributed by atoms with van der Waals surface area (Å²) in [5.74, 6) is 0.998. The fourth-order valence-corrected chi connectivity index (χ4v) is 3.72. The van der Waals surface area contributed by atoms with Gasteiger partial charge < -0.3 is 16.0 Å². The van der Waals surface area contributed by atoms with Crippen LogP contribution in [0.2, 0.25) is 0 Å². The zero-order valence-corrected chi connectivity index (χ0v) is 18.1. The van der Waals surface area contributed by atoms with Crippen LogP contribution < -0.4 is 11.1 Å². The number of benzene rings is 1. The minimum atomic E-state index is -0.219. The van der Waals surface area contributed by atoms with E-state index in [1.165, 1.54) is 10.9 Å². The number of amides is 1. The van der Waals surface area contributed by atoms with Crippen molar-refractivity contribution in [2.75, 3.05) is 26.7 Å². The van der Waals surface area contributed by atoms with E-state index in [4.69, 9.17) is 5.73 Å². The first-order valence-electron chi connectivity index (χ1n) is 9.24. The molecular weight excluding hydrogens is 453 g/mol. The van der Waals surface area contributed by atoms with Crippen molar-refractivity contribution in [3.63, 3.8) is 0 Å². The third-order valence-corrected chi connectivity index (χ3v) is 4.91. The van der Waals surface area contributed by atoms with Gasteiger partial charge in [0.1, 0.15) is 0 Å². The number of nitrogens with zero attached hydrogens (tertiary/aromatic N) is 3. The molecule has 1 aliphatic heterocycles. The first-order valence-corrected chi connectivity index (χ1v) is 9.24. The Labute approximate surface area is 177 Å². The van der Waals surface area contributed by atoms with Gasteiger partial charge in [-0.05, 0) is 36.8 Å². The molecule has 6 nitrogen and oxygen atoms in total. The van der Waals surface area contributed by atoms with E-state index in [2.05, 4.69) is 44.5 Å². The van der Waals surface area contributed by atoms with Crippen molar-refractivity contribution in [2.24, 2.45) is 16.6 Å². The molecule has 3 rings (SSSR count). The lowest BCUT2D eigenvalue weighted by atomic mass is 9.95. The summed E-state index contributed by atoms with van der Waals surface area (Å²) in [5, 5.41) is 4.62. The van der Waals surface area contributed by atoms with Crippen molar-refractivity contribution in [1.29, 1.82) is 0 Å². The fourth-order valence-electron chi connectivity index (χ4n) is 3.72. The van der Waals surface area contributed by atoms with Gasteiger partial charge in [0.25, 0.3) is 0 Å². The molecule has 1 aromatic heterocycles. The van der Waals surface area contributed by atoms with Crippen LogP contribution in [0.4, 0.5) is 0 Å². The standard InChI is InChI=1S/C20H27N5O.HI/c1-22-20(25-12-4-5-15(14-25)13-18(21)26)24-11-9-17-7-2-6-16-8-3-10-23-19(16)17;/h2-3,6-8,10,15H,4-5,9,11-14H2,1H3,(H2,21,26)(H,22,24);1H. The SMILES string of the molecule is CN=C(NCCc1cccc2cccnc12)N1CCCC(CC(N)=O)C1.I. The highest BCUT2D eigenvalue weighted by Crippen LogP contribution is 2.19. The van der Waals surface area contributed by atoms with Gasteiger partial charge in [-0.3, -0.25) is 14.8 Å². The van der Waals surface area contributed by atoms with Crippen LogP contribution in [0.5, 0.6) is 0 Å². The first kappa shape index (κ1) is 21.4. The van der Waals surface area contributed by atoms with E-state index in [9.17, 15) is 4.79 Å². The molecule has 27 heavy (non-hydrogen) atoms. The maximum absolute atomic E-state index is 11.2. The Morgan fingerprint density at radius 1 is 1.37 bits per heavy atom. The van der Waals surface area contributed by atoms with Gasteiger partial charge in [-0.15, -0.1) is 24.0 Å². The Bertz CT molecular complexity index is 790.